The third kappa shape index (κ3) is 5.03. The molecule has 0 unspecified atom stereocenters. The minimum Gasteiger partial charge on any atom is -0.449 e. The second kappa shape index (κ2) is 8.78. The molecular weight excluding hydrogens is 387 g/mol. The van der Waals surface area contributed by atoms with Crippen LogP contribution >= 0.6 is 23.2 Å². The van der Waals surface area contributed by atoms with Crippen molar-refractivity contribution in [2.24, 2.45) is 0 Å². The summed E-state index contributed by atoms with van der Waals surface area (Å²) in [5, 5.41) is 2.71. The van der Waals surface area contributed by atoms with Gasteiger partial charge in [-0.05, 0) is 37.3 Å². The quantitative estimate of drug-likeness (QED) is 0.577. The summed E-state index contributed by atoms with van der Waals surface area (Å²) in [5.41, 5.74) is -0.197. The molecule has 0 saturated carbocycles. The largest absolute Gasteiger partial charge is 0.449 e. The highest BCUT2D eigenvalue weighted by Gasteiger charge is 2.20. The number of amides is 1. The number of anilines is 1. The van der Waals surface area contributed by atoms with Gasteiger partial charge in [0.2, 0.25) is 0 Å². The maximum Gasteiger partial charge on any atom is 0.331 e. The van der Waals surface area contributed by atoms with Gasteiger partial charge in [0.1, 0.15) is 17.3 Å². The lowest BCUT2D eigenvalue weighted by Gasteiger charge is -2.13. The standard InChI is InChI=1S/C18H13Cl2F2NO3/c1-10(18(25)23-17-14(21)6-3-7-15(17)22)26-16(24)9-8-11-12(19)4-2-5-13(11)20/h2-10H,1H3,(H,23,25)/b9-8+/t10-/m1/s1. The molecule has 0 radical (unpaired) electrons. The number of ether oxygens (including phenoxy) is 1. The Morgan fingerprint density at radius 2 is 1.62 bits per heavy atom. The zero-order valence-corrected chi connectivity index (χ0v) is 14.9. The van der Waals surface area contributed by atoms with E-state index in [4.69, 9.17) is 27.9 Å². The van der Waals surface area contributed by atoms with Crippen LogP contribution in [0, 0.1) is 11.6 Å². The summed E-state index contributed by atoms with van der Waals surface area (Å²) in [7, 11) is 0. The van der Waals surface area contributed by atoms with Crippen molar-refractivity contribution < 1.29 is 23.1 Å². The molecule has 4 nitrogen and oxygen atoms in total. The first-order chi connectivity index (χ1) is 12.3. The molecule has 0 bridgehead atoms. The van der Waals surface area contributed by atoms with Crippen molar-refractivity contribution in [3.05, 3.63) is 69.7 Å². The van der Waals surface area contributed by atoms with Crippen LogP contribution in [0.2, 0.25) is 10.0 Å². The van der Waals surface area contributed by atoms with Crippen LogP contribution in [0.15, 0.2) is 42.5 Å². The Balaban J connectivity index is 2.00. The predicted molar refractivity (Wildman–Crippen MR) is 96.0 cm³/mol. The van der Waals surface area contributed by atoms with Gasteiger partial charge in [0.15, 0.2) is 6.10 Å². The number of benzene rings is 2. The topological polar surface area (TPSA) is 55.4 Å². The Kier molecular flexibility index (Phi) is 6.71. The minimum atomic E-state index is -1.28. The number of para-hydroxylation sites is 1. The first-order valence-electron chi connectivity index (χ1n) is 7.37. The fourth-order valence-electron chi connectivity index (χ4n) is 1.93. The van der Waals surface area contributed by atoms with E-state index in [0.29, 0.717) is 15.6 Å². The maximum atomic E-state index is 13.5. The molecule has 26 heavy (non-hydrogen) atoms. The second-order valence-electron chi connectivity index (χ2n) is 5.13. The molecule has 0 aliphatic rings. The fourth-order valence-corrected chi connectivity index (χ4v) is 2.45. The Labute approximate surface area is 158 Å². The molecule has 0 aromatic heterocycles. The number of rotatable bonds is 5. The second-order valence-corrected chi connectivity index (χ2v) is 5.95. The monoisotopic (exact) mass is 399 g/mol. The highest BCUT2D eigenvalue weighted by atomic mass is 35.5. The van der Waals surface area contributed by atoms with Gasteiger partial charge in [-0.1, -0.05) is 35.3 Å². The summed E-state index contributed by atoms with van der Waals surface area (Å²) in [6.07, 6.45) is 1.10. The predicted octanol–water partition coefficient (Wildman–Crippen LogP) is 4.86. The summed E-state index contributed by atoms with van der Waals surface area (Å²) < 4.78 is 31.9. The third-order valence-electron chi connectivity index (χ3n) is 3.26. The summed E-state index contributed by atoms with van der Waals surface area (Å²) in [6.45, 7) is 1.27. The first kappa shape index (κ1) is 19.9. The highest BCUT2D eigenvalue weighted by molar-refractivity contribution is 6.37. The van der Waals surface area contributed by atoms with Gasteiger partial charge >= 0.3 is 5.97 Å². The summed E-state index contributed by atoms with van der Waals surface area (Å²) in [4.78, 5) is 23.8. The van der Waals surface area contributed by atoms with Gasteiger partial charge < -0.3 is 10.1 Å². The van der Waals surface area contributed by atoms with Crippen LogP contribution in [0.1, 0.15) is 12.5 Å². The van der Waals surface area contributed by atoms with Crippen molar-refractivity contribution in [3.8, 4) is 0 Å². The number of hydrogen-bond acceptors (Lipinski definition) is 3. The van der Waals surface area contributed by atoms with E-state index in [0.717, 1.165) is 24.3 Å². The zero-order valence-electron chi connectivity index (χ0n) is 13.4. The minimum absolute atomic E-state index is 0.336. The third-order valence-corrected chi connectivity index (χ3v) is 3.92. The van der Waals surface area contributed by atoms with Crippen LogP contribution in [0.3, 0.4) is 0 Å². The fraction of sp³-hybridized carbons (Fsp3) is 0.111. The molecule has 2 rings (SSSR count). The average molecular weight is 400 g/mol. The van der Waals surface area contributed by atoms with Gasteiger partial charge in [0, 0.05) is 21.7 Å². The Hall–Kier alpha value is -2.44. The molecule has 0 saturated heterocycles. The van der Waals surface area contributed by atoms with Crippen molar-refractivity contribution >= 4 is 46.8 Å². The lowest BCUT2D eigenvalue weighted by atomic mass is 10.2. The smallest absolute Gasteiger partial charge is 0.331 e. The summed E-state index contributed by atoms with van der Waals surface area (Å²) in [6, 6.07) is 7.98. The zero-order chi connectivity index (χ0) is 19.3. The van der Waals surface area contributed by atoms with E-state index in [-0.39, 0.29) is 0 Å². The van der Waals surface area contributed by atoms with Crippen molar-refractivity contribution in [1.82, 2.24) is 0 Å². The number of esters is 1. The molecule has 1 N–H and O–H groups in total. The highest BCUT2D eigenvalue weighted by Crippen LogP contribution is 2.25. The van der Waals surface area contributed by atoms with Crippen LogP contribution < -0.4 is 5.32 Å². The molecule has 0 aliphatic heterocycles. The van der Waals surface area contributed by atoms with Gasteiger partial charge in [-0.25, -0.2) is 13.6 Å². The van der Waals surface area contributed by atoms with Crippen molar-refractivity contribution in [2.75, 3.05) is 5.32 Å². The van der Waals surface area contributed by atoms with Crippen LogP contribution in [0.25, 0.3) is 6.08 Å². The van der Waals surface area contributed by atoms with Gasteiger partial charge in [-0.3, -0.25) is 4.79 Å². The molecule has 2 aromatic rings. The number of halogens is 4. The Morgan fingerprint density at radius 1 is 1.08 bits per heavy atom. The molecule has 0 aliphatic carbocycles. The SMILES string of the molecule is C[C@@H](OC(=O)/C=C/c1c(Cl)cccc1Cl)C(=O)Nc1c(F)cccc1F. The van der Waals surface area contributed by atoms with E-state index < -0.39 is 35.3 Å². The Morgan fingerprint density at radius 3 is 2.19 bits per heavy atom. The van der Waals surface area contributed by atoms with Gasteiger partial charge in [0.05, 0.1) is 0 Å². The molecule has 0 spiro atoms. The first-order valence-corrected chi connectivity index (χ1v) is 8.12. The van der Waals surface area contributed by atoms with Gasteiger partial charge in [-0.15, -0.1) is 0 Å². The Bertz CT molecular complexity index is 831. The van der Waals surface area contributed by atoms with Crippen LogP contribution in [0.5, 0.6) is 0 Å². The number of carbonyl (C=O) groups is 2. The van der Waals surface area contributed by atoms with E-state index in [2.05, 4.69) is 0 Å². The number of hydrogen-bond donors (Lipinski definition) is 1. The number of nitrogens with one attached hydrogen (secondary N) is 1. The molecule has 1 amide bonds. The molecule has 2 aromatic carbocycles. The normalized spacial score (nSPS) is 12.0. The van der Waals surface area contributed by atoms with E-state index in [1.165, 1.54) is 13.0 Å². The molecule has 0 fully saturated rings. The van der Waals surface area contributed by atoms with E-state index in [1.807, 2.05) is 5.32 Å². The van der Waals surface area contributed by atoms with Gasteiger partial charge in [0.25, 0.3) is 5.91 Å². The van der Waals surface area contributed by atoms with Crippen LogP contribution in [-0.4, -0.2) is 18.0 Å². The van der Waals surface area contributed by atoms with Gasteiger partial charge in [-0.2, -0.15) is 0 Å². The molecule has 0 heterocycles. The molecular formula is C18H13Cl2F2NO3. The van der Waals surface area contributed by atoms with E-state index in [1.54, 1.807) is 18.2 Å². The van der Waals surface area contributed by atoms with Crippen molar-refractivity contribution in [1.29, 1.82) is 0 Å². The average Bonchev–Trinajstić information content (AvgIpc) is 2.57. The molecule has 8 heteroatoms. The molecule has 1 atom stereocenters. The van der Waals surface area contributed by atoms with Crippen LogP contribution in [-0.2, 0) is 14.3 Å². The lowest BCUT2D eigenvalue weighted by Crippen LogP contribution is -2.30. The maximum absolute atomic E-state index is 13.5. The van der Waals surface area contributed by atoms with E-state index >= 15 is 0 Å². The summed E-state index contributed by atoms with van der Waals surface area (Å²) in [5.74, 6) is -3.61. The van der Waals surface area contributed by atoms with Crippen molar-refractivity contribution in [3.63, 3.8) is 0 Å². The van der Waals surface area contributed by atoms with Crippen LogP contribution in [0.4, 0.5) is 14.5 Å². The van der Waals surface area contributed by atoms with E-state index in [9.17, 15) is 18.4 Å². The van der Waals surface area contributed by atoms with Crippen molar-refractivity contribution in [2.45, 2.75) is 13.0 Å². The number of carbonyl (C=O) groups excluding carboxylic acids is 2. The summed E-state index contributed by atoms with van der Waals surface area (Å²) >= 11 is 11.9. The lowest BCUT2D eigenvalue weighted by molar-refractivity contribution is -0.148. The molecule has 136 valence electrons.